The molecule has 0 aliphatic rings. The van der Waals surface area contributed by atoms with E-state index in [-0.39, 0.29) is 18.3 Å². The summed E-state index contributed by atoms with van der Waals surface area (Å²) in [5.74, 6) is 0.242. The van der Waals surface area contributed by atoms with Crippen molar-refractivity contribution in [3.8, 4) is 5.75 Å². The molecule has 0 radical (unpaired) electrons. The largest absolute Gasteiger partial charge is 0.496 e. The van der Waals surface area contributed by atoms with Gasteiger partial charge in [0.25, 0.3) is 0 Å². The molecule has 1 atom stereocenters. The van der Waals surface area contributed by atoms with Crippen LogP contribution in [-0.2, 0) is 20.7 Å². The smallest absolute Gasteiger partial charge is 0.307 e. The number of benzene rings is 2. The van der Waals surface area contributed by atoms with Gasteiger partial charge in [-0.2, -0.15) is 0 Å². The van der Waals surface area contributed by atoms with Gasteiger partial charge in [-0.1, -0.05) is 34.1 Å². The Morgan fingerprint density at radius 3 is 2.52 bits per heavy atom. The molecule has 1 amide bonds. The lowest BCUT2D eigenvalue weighted by Gasteiger charge is -2.18. The molecule has 2 rings (SSSR count). The van der Waals surface area contributed by atoms with Gasteiger partial charge < -0.3 is 14.8 Å². The van der Waals surface area contributed by atoms with Gasteiger partial charge in [-0.05, 0) is 57.7 Å². The quantitative estimate of drug-likeness (QED) is 0.541. The van der Waals surface area contributed by atoms with Crippen LogP contribution in [0.4, 0.5) is 0 Å². The number of amides is 1. The van der Waals surface area contributed by atoms with Crippen molar-refractivity contribution in [3.05, 3.63) is 62.5 Å². The summed E-state index contributed by atoms with van der Waals surface area (Å²) in [5, 5.41) is 2.94. The summed E-state index contributed by atoms with van der Waals surface area (Å²) in [6.45, 7) is 0. The highest BCUT2D eigenvalue weighted by atomic mass is 79.9. The number of carbonyl (C=O) groups excluding carboxylic acids is 2. The van der Waals surface area contributed by atoms with E-state index in [4.69, 9.17) is 9.47 Å². The molecule has 5 nitrogen and oxygen atoms in total. The Balaban J connectivity index is 2.02. The minimum absolute atomic E-state index is 0.0762. The summed E-state index contributed by atoms with van der Waals surface area (Å²) in [4.78, 5) is 24.2. The van der Waals surface area contributed by atoms with E-state index in [1.165, 1.54) is 7.11 Å². The summed E-state index contributed by atoms with van der Waals surface area (Å²) in [5.41, 5.74) is 1.86. The van der Waals surface area contributed by atoms with E-state index in [0.29, 0.717) is 12.8 Å². The van der Waals surface area contributed by atoms with E-state index in [1.54, 1.807) is 7.11 Å². The number of hydrogen-bond donors (Lipinski definition) is 1. The van der Waals surface area contributed by atoms with Crippen molar-refractivity contribution in [3.63, 3.8) is 0 Å². The van der Waals surface area contributed by atoms with Gasteiger partial charge in [0, 0.05) is 10.9 Å². The third kappa shape index (κ3) is 6.66. The molecule has 2 aromatic carbocycles. The number of hydrogen-bond acceptors (Lipinski definition) is 4. The van der Waals surface area contributed by atoms with Crippen molar-refractivity contribution in [2.45, 2.75) is 25.3 Å². The second-order valence-corrected chi connectivity index (χ2v) is 7.69. The molecule has 0 spiro atoms. The molecule has 0 aromatic heterocycles. The summed E-state index contributed by atoms with van der Waals surface area (Å²) in [6, 6.07) is 12.8. The summed E-state index contributed by atoms with van der Waals surface area (Å²) < 4.78 is 11.7. The van der Waals surface area contributed by atoms with Gasteiger partial charge in [-0.25, -0.2) is 0 Å². The average molecular weight is 499 g/mol. The zero-order chi connectivity index (χ0) is 19.8. The number of ether oxygens (including phenoxy) is 2. The monoisotopic (exact) mass is 497 g/mol. The number of halogens is 2. The second kappa shape index (κ2) is 10.5. The van der Waals surface area contributed by atoms with Crippen molar-refractivity contribution in [2.75, 3.05) is 14.2 Å². The average Bonchev–Trinajstić information content (AvgIpc) is 2.65. The molecule has 0 saturated heterocycles. The lowest BCUT2D eigenvalue weighted by molar-refractivity contribution is -0.141. The Labute approximate surface area is 175 Å². The fourth-order valence-corrected chi connectivity index (χ4v) is 3.62. The minimum Gasteiger partial charge on any atom is -0.496 e. The summed E-state index contributed by atoms with van der Waals surface area (Å²) in [6.07, 6.45) is 0.967. The molecule has 0 bridgehead atoms. The maximum Gasteiger partial charge on any atom is 0.307 e. The van der Waals surface area contributed by atoms with Gasteiger partial charge in [0.05, 0.1) is 31.2 Å². The van der Waals surface area contributed by atoms with Crippen LogP contribution < -0.4 is 10.1 Å². The van der Waals surface area contributed by atoms with Gasteiger partial charge in [0.15, 0.2) is 0 Å². The number of rotatable bonds is 8. The van der Waals surface area contributed by atoms with E-state index in [2.05, 4.69) is 37.2 Å². The van der Waals surface area contributed by atoms with E-state index in [1.807, 2.05) is 42.5 Å². The topological polar surface area (TPSA) is 64.6 Å². The lowest BCUT2D eigenvalue weighted by atomic mass is 10.0. The highest BCUT2D eigenvalue weighted by Gasteiger charge is 2.19. The Bertz CT molecular complexity index is 810. The fraction of sp³-hybridized carbons (Fsp3) is 0.300. The number of esters is 1. The maximum absolute atomic E-state index is 12.5. The molecule has 0 heterocycles. The Hall–Kier alpha value is -1.86. The number of nitrogens with one attached hydrogen (secondary N) is 1. The van der Waals surface area contributed by atoms with Crippen LogP contribution in [0.15, 0.2) is 51.4 Å². The number of carbonyl (C=O) groups is 2. The third-order valence-corrected chi connectivity index (χ3v) is 5.15. The molecular weight excluding hydrogens is 478 g/mol. The van der Waals surface area contributed by atoms with Crippen LogP contribution in [0.25, 0.3) is 0 Å². The first kappa shape index (κ1) is 21.4. The fourth-order valence-electron chi connectivity index (χ4n) is 2.62. The Morgan fingerprint density at radius 1 is 1.11 bits per heavy atom. The summed E-state index contributed by atoms with van der Waals surface area (Å²) in [7, 11) is 2.94. The van der Waals surface area contributed by atoms with Gasteiger partial charge >= 0.3 is 5.97 Å². The first-order valence-electron chi connectivity index (χ1n) is 8.37. The first-order chi connectivity index (χ1) is 12.9. The van der Waals surface area contributed by atoms with Gasteiger partial charge in [-0.3, -0.25) is 9.59 Å². The normalized spacial score (nSPS) is 11.6. The van der Waals surface area contributed by atoms with Crippen molar-refractivity contribution in [2.24, 2.45) is 0 Å². The van der Waals surface area contributed by atoms with Crippen LogP contribution in [0.3, 0.4) is 0 Å². The Kier molecular flexibility index (Phi) is 8.31. The highest BCUT2D eigenvalue weighted by Crippen LogP contribution is 2.26. The van der Waals surface area contributed by atoms with Crippen LogP contribution in [0.2, 0.25) is 0 Å². The van der Waals surface area contributed by atoms with Crippen molar-refractivity contribution in [1.82, 2.24) is 5.32 Å². The van der Waals surface area contributed by atoms with E-state index >= 15 is 0 Å². The van der Waals surface area contributed by atoms with Crippen LogP contribution >= 0.6 is 31.9 Å². The summed E-state index contributed by atoms with van der Waals surface area (Å²) >= 11 is 6.86. The second-order valence-electron chi connectivity index (χ2n) is 5.92. The zero-order valence-corrected chi connectivity index (χ0v) is 18.3. The van der Waals surface area contributed by atoms with Crippen LogP contribution in [-0.4, -0.2) is 26.1 Å². The predicted octanol–water partition coefficient (Wildman–Crippen LogP) is 4.57. The van der Waals surface area contributed by atoms with Gasteiger partial charge in [0.1, 0.15) is 5.75 Å². The molecule has 1 N–H and O–H groups in total. The molecule has 0 aliphatic heterocycles. The van der Waals surface area contributed by atoms with Crippen LogP contribution in [0.1, 0.15) is 30.0 Å². The van der Waals surface area contributed by atoms with Crippen LogP contribution in [0.5, 0.6) is 5.75 Å². The first-order valence-corrected chi connectivity index (χ1v) is 9.95. The standard InChI is InChI=1S/C20H21Br2NO4/c1-26-18-8-6-13(10-16(18)22)7-9-19(24)23-17(12-20(25)27-2)14-4-3-5-15(21)11-14/h3-6,8,10-11,17H,7,9,12H2,1-2H3,(H,23,24). The van der Waals surface area contributed by atoms with Crippen molar-refractivity contribution in [1.29, 1.82) is 0 Å². The predicted molar refractivity (Wildman–Crippen MR) is 111 cm³/mol. The Morgan fingerprint density at radius 2 is 1.89 bits per heavy atom. The molecule has 7 heteroatoms. The van der Waals surface area contributed by atoms with Gasteiger partial charge in [-0.15, -0.1) is 0 Å². The van der Waals surface area contributed by atoms with Crippen molar-refractivity contribution < 1.29 is 19.1 Å². The van der Waals surface area contributed by atoms with Gasteiger partial charge in [0.2, 0.25) is 5.91 Å². The van der Waals surface area contributed by atoms with E-state index in [9.17, 15) is 9.59 Å². The SMILES string of the molecule is COC(=O)CC(NC(=O)CCc1ccc(OC)c(Br)c1)c1cccc(Br)c1. The molecule has 1 unspecified atom stereocenters. The van der Waals surface area contributed by atoms with Crippen molar-refractivity contribution >= 4 is 43.7 Å². The van der Waals surface area contributed by atoms with E-state index in [0.717, 1.165) is 25.8 Å². The zero-order valence-electron chi connectivity index (χ0n) is 15.1. The highest BCUT2D eigenvalue weighted by molar-refractivity contribution is 9.10. The molecule has 144 valence electrons. The molecule has 2 aromatic rings. The number of aryl methyl sites for hydroxylation is 1. The maximum atomic E-state index is 12.5. The third-order valence-electron chi connectivity index (χ3n) is 4.04. The number of methoxy groups -OCH3 is 2. The molecule has 27 heavy (non-hydrogen) atoms. The minimum atomic E-state index is -0.440. The van der Waals surface area contributed by atoms with Crippen LogP contribution in [0, 0.1) is 0 Å². The lowest BCUT2D eigenvalue weighted by Crippen LogP contribution is -2.30. The molecular formula is C20H21Br2NO4. The molecule has 0 fully saturated rings. The molecule has 0 saturated carbocycles. The van der Waals surface area contributed by atoms with E-state index < -0.39 is 6.04 Å². The molecule has 0 aliphatic carbocycles.